The topological polar surface area (TPSA) is 40.5 Å². The molecule has 0 amide bonds. The molecule has 0 radical (unpaired) electrons. The monoisotopic (exact) mass is 398 g/mol. The van der Waals surface area contributed by atoms with E-state index in [0.717, 1.165) is 30.6 Å². The third-order valence-electron chi connectivity index (χ3n) is 9.34. The standard InChI is InChI=1S/C21H35BrO2/c1-19-8-3-4-17(19)16-6-5-14-11-21(24,13-22)15(12-23)10-20(14,2)18(16)7-9-19/h14-18,23-24H,3-13H2,1-2H3/t14?,15?,16-,17-,18+,19-,20-,21?/m0/s1. The molecule has 138 valence electrons. The lowest BCUT2D eigenvalue weighted by molar-refractivity contribution is -0.171. The van der Waals surface area contributed by atoms with Gasteiger partial charge in [0.1, 0.15) is 0 Å². The summed E-state index contributed by atoms with van der Waals surface area (Å²) in [5.74, 6) is 3.34. The molecule has 0 aromatic carbocycles. The van der Waals surface area contributed by atoms with Crippen LogP contribution >= 0.6 is 15.9 Å². The van der Waals surface area contributed by atoms with Crippen molar-refractivity contribution >= 4 is 15.9 Å². The van der Waals surface area contributed by atoms with Gasteiger partial charge in [0, 0.05) is 17.9 Å². The number of aliphatic hydroxyl groups excluding tert-OH is 1. The highest BCUT2D eigenvalue weighted by atomic mass is 79.9. The molecule has 8 atom stereocenters. The Hall–Kier alpha value is 0.400. The number of fused-ring (bicyclic) bond motifs is 5. The van der Waals surface area contributed by atoms with Crippen molar-refractivity contribution in [2.45, 2.75) is 77.2 Å². The highest BCUT2D eigenvalue weighted by Gasteiger charge is 2.61. The molecule has 4 fully saturated rings. The molecule has 4 aliphatic carbocycles. The van der Waals surface area contributed by atoms with Crippen LogP contribution in [0, 0.1) is 40.4 Å². The van der Waals surface area contributed by atoms with Gasteiger partial charge in [-0.05, 0) is 85.9 Å². The lowest BCUT2D eigenvalue weighted by atomic mass is 9.43. The van der Waals surface area contributed by atoms with Crippen molar-refractivity contribution in [3.63, 3.8) is 0 Å². The quantitative estimate of drug-likeness (QED) is 0.657. The van der Waals surface area contributed by atoms with Gasteiger partial charge < -0.3 is 10.2 Å². The van der Waals surface area contributed by atoms with E-state index in [1.165, 1.54) is 44.9 Å². The third kappa shape index (κ3) is 2.40. The first-order chi connectivity index (χ1) is 11.4. The van der Waals surface area contributed by atoms with E-state index in [4.69, 9.17) is 0 Å². The van der Waals surface area contributed by atoms with E-state index in [1.54, 1.807) is 0 Å². The number of hydrogen-bond acceptors (Lipinski definition) is 2. The summed E-state index contributed by atoms with van der Waals surface area (Å²) in [6.07, 6.45) is 11.7. The smallest absolute Gasteiger partial charge is 0.0797 e. The molecule has 4 rings (SSSR count). The van der Waals surface area contributed by atoms with E-state index in [0.29, 0.717) is 22.1 Å². The highest BCUT2D eigenvalue weighted by Crippen LogP contribution is 2.67. The molecule has 24 heavy (non-hydrogen) atoms. The molecule has 3 heteroatoms. The molecule has 0 heterocycles. The molecule has 0 saturated heterocycles. The van der Waals surface area contributed by atoms with Crippen molar-refractivity contribution in [2.75, 3.05) is 11.9 Å². The van der Waals surface area contributed by atoms with Crippen molar-refractivity contribution in [3.05, 3.63) is 0 Å². The van der Waals surface area contributed by atoms with E-state index in [2.05, 4.69) is 29.8 Å². The van der Waals surface area contributed by atoms with Crippen LogP contribution in [0.3, 0.4) is 0 Å². The van der Waals surface area contributed by atoms with Crippen LogP contribution in [0.15, 0.2) is 0 Å². The predicted molar refractivity (Wildman–Crippen MR) is 101 cm³/mol. The summed E-state index contributed by atoms with van der Waals surface area (Å²) < 4.78 is 0. The molecular formula is C21H35BrO2. The summed E-state index contributed by atoms with van der Waals surface area (Å²) in [5, 5.41) is 21.6. The van der Waals surface area contributed by atoms with Gasteiger partial charge in [0.05, 0.1) is 5.60 Å². The van der Waals surface area contributed by atoms with Crippen LogP contribution in [0.5, 0.6) is 0 Å². The van der Waals surface area contributed by atoms with Crippen LogP contribution in [0.2, 0.25) is 0 Å². The second kappa shape index (κ2) is 5.96. The molecule has 2 nitrogen and oxygen atoms in total. The van der Waals surface area contributed by atoms with Crippen molar-refractivity contribution < 1.29 is 10.2 Å². The average Bonchev–Trinajstić information content (AvgIpc) is 2.96. The number of hydrogen-bond donors (Lipinski definition) is 2. The second-order valence-corrected chi connectivity index (χ2v) is 10.8. The normalized spacial score (nSPS) is 57.1. The molecule has 0 aromatic rings. The second-order valence-electron chi connectivity index (χ2n) is 10.3. The fourth-order valence-corrected chi connectivity index (χ4v) is 8.58. The van der Waals surface area contributed by atoms with Crippen molar-refractivity contribution in [2.24, 2.45) is 40.4 Å². The van der Waals surface area contributed by atoms with Gasteiger partial charge in [-0.15, -0.1) is 0 Å². The summed E-state index contributed by atoms with van der Waals surface area (Å²) in [6, 6.07) is 0. The van der Waals surface area contributed by atoms with Crippen molar-refractivity contribution in [3.8, 4) is 0 Å². The van der Waals surface area contributed by atoms with Crippen LogP contribution in [-0.2, 0) is 0 Å². The number of alkyl halides is 1. The Bertz CT molecular complexity index is 496. The first-order valence-corrected chi connectivity index (χ1v) is 11.4. The average molecular weight is 399 g/mol. The molecule has 2 N–H and O–H groups in total. The zero-order valence-corrected chi connectivity index (χ0v) is 17.0. The van der Waals surface area contributed by atoms with Crippen LogP contribution in [0.25, 0.3) is 0 Å². The molecule has 3 unspecified atom stereocenters. The van der Waals surface area contributed by atoms with Gasteiger partial charge in [-0.2, -0.15) is 0 Å². The zero-order chi connectivity index (χ0) is 17.2. The lowest BCUT2D eigenvalue weighted by Crippen LogP contribution is -2.59. The maximum Gasteiger partial charge on any atom is 0.0797 e. The van der Waals surface area contributed by atoms with Crippen molar-refractivity contribution in [1.29, 1.82) is 0 Å². The third-order valence-corrected chi connectivity index (χ3v) is 10.3. The van der Waals surface area contributed by atoms with E-state index in [9.17, 15) is 10.2 Å². The zero-order valence-electron chi connectivity index (χ0n) is 15.4. The first kappa shape index (κ1) is 17.8. The van der Waals surface area contributed by atoms with E-state index >= 15 is 0 Å². The Balaban J connectivity index is 1.63. The summed E-state index contributed by atoms with van der Waals surface area (Å²) in [7, 11) is 0. The van der Waals surface area contributed by atoms with Gasteiger partial charge in [0.15, 0.2) is 0 Å². The van der Waals surface area contributed by atoms with Crippen LogP contribution in [0.4, 0.5) is 0 Å². The lowest BCUT2D eigenvalue weighted by Gasteiger charge is -2.63. The maximum atomic E-state index is 11.1. The Morgan fingerprint density at radius 1 is 1.00 bits per heavy atom. The minimum atomic E-state index is -0.706. The van der Waals surface area contributed by atoms with Gasteiger partial charge in [0.25, 0.3) is 0 Å². The minimum Gasteiger partial charge on any atom is -0.396 e. The fraction of sp³-hybridized carbons (Fsp3) is 1.00. The van der Waals surface area contributed by atoms with Gasteiger partial charge >= 0.3 is 0 Å². The number of halogens is 1. The van der Waals surface area contributed by atoms with Gasteiger partial charge in [-0.3, -0.25) is 0 Å². The summed E-state index contributed by atoms with van der Waals surface area (Å²) in [4.78, 5) is 0. The number of rotatable bonds is 2. The molecule has 0 aromatic heterocycles. The van der Waals surface area contributed by atoms with Crippen LogP contribution < -0.4 is 0 Å². The molecule has 4 saturated carbocycles. The predicted octanol–water partition coefficient (Wildman–Crippen LogP) is 4.76. The Morgan fingerprint density at radius 3 is 2.50 bits per heavy atom. The minimum absolute atomic E-state index is 0.0359. The fourth-order valence-electron chi connectivity index (χ4n) is 7.89. The molecular weight excluding hydrogens is 364 g/mol. The largest absolute Gasteiger partial charge is 0.396 e. The summed E-state index contributed by atoms with van der Waals surface area (Å²) in [6.45, 7) is 5.21. The highest BCUT2D eigenvalue weighted by molar-refractivity contribution is 9.09. The molecule has 0 aliphatic heterocycles. The SMILES string of the molecule is C[C@@]12CCC[C@H]1[C@@H]1CCC3CC(O)(CBr)C(CO)C[C@]3(C)[C@@H]1CC2. The van der Waals surface area contributed by atoms with Gasteiger partial charge in [0.2, 0.25) is 0 Å². The van der Waals surface area contributed by atoms with Gasteiger partial charge in [-0.1, -0.05) is 36.2 Å². The first-order valence-electron chi connectivity index (χ1n) is 10.3. The van der Waals surface area contributed by atoms with E-state index < -0.39 is 5.60 Å². The summed E-state index contributed by atoms with van der Waals surface area (Å²) in [5.41, 5.74) is 0.239. The Kier molecular flexibility index (Phi) is 4.42. The van der Waals surface area contributed by atoms with E-state index in [-0.39, 0.29) is 12.5 Å². The Labute approximate surface area is 155 Å². The van der Waals surface area contributed by atoms with Crippen molar-refractivity contribution in [1.82, 2.24) is 0 Å². The van der Waals surface area contributed by atoms with Crippen LogP contribution in [0.1, 0.15) is 71.6 Å². The van der Waals surface area contributed by atoms with Crippen LogP contribution in [-0.4, -0.2) is 27.8 Å². The molecule has 4 aliphatic rings. The maximum absolute atomic E-state index is 11.1. The molecule has 0 spiro atoms. The number of aliphatic hydroxyl groups is 2. The van der Waals surface area contributed by atoms with E-state index in [1.807, 2.05) is 0 Å². The van der Waals surface area contributed by atoms with Gasteiger partial charge in [-0.25, -0.2) is 0 Å². The molecule has 0 bridgehead atoms. The Morgan fingerprint density at radius 2 is 1.79 bits per heavy atom. The summed E-state index contributed by atoms with van der Waals surface area (Å²) >= 11 is 3.53.